The first kappa shape index (κ1) is 35.5. The molecule has 0 spiro atoms. The lowest BCUT2D eigenvalue weighted by Gasteiger charge is -2.11. The summed E-state index contributed by atoms with van der Waals surface area (Å²) in [5.74, 6) is 1.89. The van der Waals surface area contributed by atoms with Crippen LogP contribution in [0.25, 0.3) is 111 Å². The van der Waals surface area contributed by atoms with Gasteiger partial charge in [0.15, 0.2) is 17.5 Å². The number of para-hydroxylation sites is 3. The van der Waals surface area contributed by atoms with Gasteiger partial charge >= 0.3 is 0 Å². The zero-order chi connectivity index (χ0) is 41.0. The van der Waals surface area contributed by atoms with Crippen molar-refractivity contribution in [2.45, 2.75) is 0 Å². The molecule has 0 unspecified atom stereocenters. The van der Waals surface area contributed by atoms with E-state index in [-0.39, 0.29) is 0 Å². The smallest absolute Gasteiger partial charge is 0.164 e. The van der Waals surface area contributed by atoms with E-state index in [9.17, 15) is 0 Å². The highest BCUT2D eigenvalue weighted by Crippen LogP contribution is 2.42. The van der Waals surface area contributed by atoms with Crippen LogP contribution in [0.15, 0.2) is 224 Å². The molecule has 12 aromatic rings. The number of rotatable bonds is 7. The van der Waals surface area contributed by atoms with E-state index < -0.39 is 0 Å². The zero-order valence-corrected chi connectivity index (χ0v) is 33.6. The van der Waals surface area contributed by atoms with Crippen LogP contribution >= 0.6 is 0 Å². The SMILES string of the molecule is c1ccc(-c2ccc(-c3ccc(-c4nc(-c5ccccc5)nc(-c5ccc(-n6c7ccccc7c7c8c9ccccc9n(-c9ccccc9)c8ccc76)cc5)n4)cc3)cc2)cc1. The number of nitrogens with zero attached hydrogens (tertiary/aromatic N) is 5. The number of fused-ring (bicyclic) bond motifs is 7. The molecule has 5 heteroatoms. The lowest BCUT2D eigenvalue weighted by Crippen LogP contribution is -2.00. The Morgan fingerprint density at radius 1 is 0.226 bits per heavy atom. The third kappa shape index (κ3) is 5.98. The van der Waals surface area contributed by atoms with Crippen LogP contribution in [0.5, 0.6) is 0 Å². The highest BCUT2D eigenvalue weighted by atomic mass is 15.0. The second kappa shape index (κ2) is 14.7. The molecule has 0 N–H and O–H groups in total. The first-order chi connectivity index (χ1) is 30.7. The molecule has 0 aliphatic heterocycles. The quantitative estimate of drug-likeness (QED) is 0.162. The highest BCUT2D eigenvalue weighted by Gasteiger charge is 2.21. The fourth-order valence-corrected chi connectivity index (χ4v) is 9.06. The first-order valence-corrected chi connectivity index (χ1v) is 20.9. The van der Waals surface area contributed by atoms with Gasteiger partial charge in [-0.3, -0.25) is 0 Å². The second-order valence-corrected chi connectivity index (χ2v) is 15.6. The molecule has 0 saturated heterocycles. The van der Waals surface area contributed by atoms with E-state index in [4.69, 9.17) is 15.0 Å². The van der Waals surface area contributed by atoms with Crippen LogP contribution in [-0.2, 0) is 0 Å². The number of aromatic nitrogens is 5. The Bertz CT molecular complexity index is 3570. The predicted octanol–water partition coefficient (Wildman–Crippen LogP) is 14.4. The van der Waals surface area contributed by atoms with Gasteiger partial charge in [0, 0.05) is 49.6 Å². The normalized spacial score (nSPS) is 11.5. The van der Waals surface area contributed by atoms with Crippen LogP contribution in [-0.4, -0.2) is 24.1 Å². The van der Waals surface area contributed by atoms with Crippen molar-refractivity contribution in [3.8, 4) is 67.8 Å². The minimum atomic E-state index is 0.624. The Balaban J connectivity index is 0.944. The Hall–Kier alpha value is -8.41. The van der Waals surface area contributed by atoms with E-state index in [1.165, 1.54) is 43.7 Å². The van der Waals surface area contributed by atoms with E-state index in [1.54, 1.807) is 0 Å². The van der Waals surface area contributed by atoms with Gasteiger partial charge in [-0.2, -0.15) is 0 Å². The van der Waals surface area contributed by atoms with Gasteiger partial charge in [0.25, 0.3) is 0 Å². The summed E-state index contributed by atoms with van der Waals surface area (Å²) < 4.78 is 4.77. The maximum Gasteiger partial charge on any atom is 0.164 e. The van der Waals surface area contributed by atoms with Gasteiger partial charge in [-0.15, -0.1) is 0 Å². The van der Waals surface area contributed by atoms with Gasteiger partial charge in [0.2, 0.25) is 0 Å². The monoisotopic (exact) mass is 791 g/mol. The third-order valence-electron chi connectivity index (χ3n) is 12.0. The van der Waals surface area contributed by atoms with Crippen molar-refractivity contribution >= 4 is 43.6 Å². The molecule has 290 valence electrons. The molecular formula is C57H37N5. The van der Waals surface area contributed by atoms with Crippen molar-refractivity contribution in [3.05, 3.63) is 224 Å². The zero-order valence-electron chi connectivity index (χ0n) is 33.6. The summed E-state index contributed by atoms with van der Waals surface area (Å²) in [5, 5.41) is 4.96. The topological polar surface area (TPSA) is 48.5 Å². The molecule has 0 radical (unpaired) electrons. The average molecular weight is 792 g/mol. The molecule has 0 aliphatic rings. The van der Waals surface area contributed by atoms with Gasteiger partial charge < -0.3 is 9.13 Å². The fraction of sp³-hybridized carbons (Fsp3) is 0. The molecule has 5 nitrogen and oxygen atoms in total. The lowest BCUT2D eigenvalue weighted by atomic mass is 9.99. The van der Waals surface area contributed by atoms with Crippen LogP contribution in [0.2, 0.25) is 0 Å². The summed E-state index contributed by atoms with van der Waals surface area (Å²) in [6.45, 7) is 0. The molecule has 0 bridgehead atoms. The van der Waals surface area contributed by atoms with Crippen LogP contribution < -0.4 is 0 Å². The molecule has 3 heterocycles. The van der Waals surface area contributed by atoms with Crippen molar-refractivity contribution in [1.29, 1.82) is 0 Å². The molecule has 3 aromatic heterocycles. The molecule has 9 aromatic carbocycles. The number of benzene rings is 9. The predicted molar refractivity (Wildman–Crippen MR) is 256 cm³/mol. The largest absolute Gasteiger partial charge is 0.309 e. The van der Waals surface area contributed by atoms with Crippen molar-refractivity contribution in [2.24, 2.45) is 0 Å². The van der Waals surface area contributed by atoms with Crippen molar-refractivity contribution in [1.82, 2.24) is 24.1 Å². The van der Waals surface area contributed by atoms with E-state index >= 15 is 0 Å². The summed E-state index contributed by atoms with van der Waals surface area (Å²) in [5.41, 5.74) is 14.4. The van der Waals surface area contributed by atoms with Crippen molar-refractivity contribution in [2.75, 3.05) is 0 Å². The highest BCUT2D eigenvalue weighted by molar-refractivity contribution is 6.28. The average Bonchev–Trinajstić information content (AvgIpc) is 3.88. The second-order valence-electron chi connectivity index (χ2n) is 15.6. The summed E-state index contributed by atoms with van der Waals surface area (Å²) in [6, 6.07) is 79.2. The molecule has 0 atom stereocenters. The fourth-order valence-electron chi connectivity index (χ4n) is 9.06. The van der Waals surface area contributed by atoms with Crippen molar-refractivity contribution < 1.29 is 0 Å². The van der Waals surface area contributed by atoms with Crippen LogP contribution in [0, 0.1) is 0 Å². The maximum absolute atomic E-state index is 5.10. The minimum Gasteiger partial charge on any atom is -0.309 e. The molecule has 0 aliphatic carbocycles. The van der Waals surface area contributed by atoms with E-state index in [1.807, 2.05) is 36.4 Å². The lowest BCUT2D eigenvalue weighted by molar-refractivity contribution is 1.07. The van der Waals surface area contributed by atoms with Crippen LogP contribution in [0.1, 0.15) is 0 Å². The summed E-state index contributed by atoms with van der Waals surface area (Å²) in [6.07, 6.45) is 0. The third-order valence-corrected chi connectivity index (χ3v) is 12.0. The van der Waals surface area contributed by atoms with Crippen LogP contribution in [0.4, 0.5) is 0 Å². The number of hydrogen-bond acceptors (Lipinski definition) is 3. The van der Waals surface area contributed by atoms with E-state index in [0.717, 1.165) is 50.2 Å². The Morgan fingerprint density at radius 2 is 0.532 bits per heavy atom. The van der Waals surface area contributed by atoms with Gasteiger partial charge in [-0.25, -0.2) is 15.0 Å². The van der Waals surface area contributed by atoms with Gasteiger partial charge in [0.1, 0.15) is 0 Å². The summed E-state index contributed by atoms with van der Waals surface area (Å²) in [4.78, 5) is 15.2. The summed E-state index contributed by atoms with van der Waals surface area (Å²) >= 11 is 0. The Kier molecular flexibility index (Phi) is 8.42. The van der Waals surface area contributed by atoms with Gasteiger partial charge in [-0.1, -0.05) is 164 Å². The molecule has 0 amide bonds. The molecular weight excluding hydrogens is 755 g/mol. The molecule has 0 saturated carbocycles. The molecule has 12 rings (SSSR count). The number of hydrogen-bond donors (Lipinski definition) is 0. The maximum atomic E-state index is 5.10. The van der Waals surface area contributed by atoms with Gasteiger partial charge in [0.05, 0.1) is 22.1 Å². The minimum absolute atomic E-state index is 0.624. The van der Waals surface area contributed by atoms with E-state index in [0.29, 0.717) is 17.5 Å². The molecule has 0 fully saturated rings. The Morgan fingerprint density at radius 3 is 0.984 bits per heavy atom. The first-order valence-electron chi connectivity index (χ1n) is 20.9. The summed E-state index contributed by atoms with van der Waals surface area (Å²) in [7, 11) is 0. The van der Waals surface area contributed by atoms with E-state index in [2.05, 4.69) is 197 Å². The van der Waals surface area contributed by atoms with Gasteiger partial charge in [-0.05, 0) is 82.9 Å². The van der Waals surface area contributed by atoms with Crippen molar-refractivity contribution in [3.63, 3.8) is 0 Å². The Labute approximate surface area is 358 Å². The van der Waals surface area contributed by atoms with Crippen LogP contribution in [0.3, 0.4) is 0 Å². The molecule has 62 heavy (non-hydrogen) atoms. The standard InChI is InChI=1S/C57H37N5/c1-4-14-38(15-5-1)39-24-26-40(27-25-39)41-28-30-43(31-29-41)56-58-55(42-16-6-2-7-17-42)59-57(60-56)44-32-34-46(35-33-44)62-50-23-13-11-21-48(50)54-52(62)37-36-51-53(54)47-20-10-12-22-49(47)61(51)45-18-8-3-9-19-45/h1-37H.